The highest BCUT2D eigenvalue weighted by Gasteiger charge is 2.29. The van der Waals surface area contributed by atoms with Crippen molar-refractivity contribution >= 4 is 27.8 Å². The number of allylic oxidation sites excluding steroid dienone is 1. The topological polar surface area (TPSA) is 74.7 Å². The molecule has 0 aromatic heterocycles. The Morgan fingerprint density at radius 3 is 2.52 bits per heavy atom. The van der Waals surface area contributed by atoms with E-state index in [4.69, 9.17) is 0 Å². The van der Waals surface area contributed by atoms with Crippen molar-refractivity contribution in [1.29, 1.82) is 0 Å². The normalized spacial score (nSPS) is 20.7. The van der Waals surface area contributed by atoms with Crippen molar-refractivity contribution in [2.24, 2.45) is 11.8 Å². The monoisotopic (exact) mass is 337 g/mol. The number of carboxylic acids is 1. The number of benzene rings is 1. The van der Waals surface area contributed by atoms with Gasteiger partial charge in [0.25, 0.3) is 0 Å². The van der Waals surface area contributed by atoms with E-state index in [0.717, 1.165) is 12.7 Å². The van der Waals surface area contributed by atoms with Crippen LogP contribution in [0.15, 0.2) is 24.3 Å². The first-order chi connectivity index (χ1) is 10.7. The largest absolute Gasteiger partial charge is 0.478 e. The van der Waals surface area contributed by atoms with Crippen molar-refractivity contribution in [3.05, 3.63) is 35.4 Å². The Balaban J connectivity index is 2.43. The Morgan fingerprint density at radius 2 is 2.04 bits per heavy atom. The van der Waals surface area contributed by atoms with Crippen LogP contribution < -0.4 is 4.31 Å². The van der Waals surface area contributed by atoms with E-state index in [1.807, 2.05) is 13.0 Å². The van der Waals surface area contributed by atoms with Crippen molar-refractivity contribution in [3.8, 4) is 0 Å². The van der Waals surface area contributed by atoms with Gasteiger partial charge in [0.05, 0.1) is 17.5 Å². The summed E-state index contributed by atoms with van der Waals surface area (Å²) < 4.78 is 25.2. The van der Waals surface area contributed by atoms with Gasteiger partial charge in [0.15, 0.2) is 0 Å². The fraction of sp³-hybridized carbons (Fsp3) is 0.471. The number of nitrogens with zero attached hydrogens (tertiary/aromatic N) is 1. The lowest BCUT2D eigenvalue weighted by atomic mass is 10.1. The number of anilines is 1. The highest BCUT2D eigenvalue weighted by Crippen LogP contribution is 2.39. The van der Waals surface area contributed by atoms with E-state index in [-0.39, 0.29) is 5.56 Å². The van der Waals surface area contributed by atoms with E-state index >= 15 is 0 Å². The van der Waals surface area contributed by atoms with Gasteiger partial charge >= 0.3 is 5.97 Å². The second-order valence-electron chi connectivity index (χ2n) is 6.19. The van der Waals surface area contributed by atoms with Gasteiger partial charge in [0, 0.05) is 6.54 Å². The lowest BCUT2D eigenvalue weighted by Gasteiger charge is -2.22. The molecule has 6 heteroatoms. The number of aromatic carboxylic acids is 1. The molecule has 0 radical (unpaired) electrons. The maximum Gasteiger partial charge on any atom is 0.335 e. The summed E-state index contributed by atoms with van der Waals surface area (Å²) in [7, 11) is -3.45. The van der Waals surface area contributed by atoms with E-state index < -0.39 is 16.0 Å². The molecular weight excluding hydrogens is 314 g/mol. The van der Waals surface area contributed by atoms with Crippen molar-refractivity contribution < 1.29 is 18.3 Å². The highest BCUT2D eigenvalue weighted by molar-refractivity contribution is 7.92. The summed E-state index contributed by atoms with van der Waals surface area (Å²) in [6.07, 6.45) is 6.89. The van der Waals surface area contributed by atoms with Crippen LogP contribution in [0.1, 0.15) is 42.6 Å². The molecule has 126 valence electrons. The number of hydrogen-bond donors (Lipinski definition) is 1. The van der Waals surface area contributed by atoms with Gasteiger partial charge in [-0.2, -0.15) is 0 Å². The summed E-state index contributed by atoms with van der Waals surface area (Å²) in [5, 5.41) is 9.29. The molecule has 5 nitrogen and oxygen atoms in total. The van der Waals surface area contributed by atoms with Crippen LogP contribution in [0.5, 0.6) is 0 Å². The summed E-state index contributed by atoms with van der Waals surface area (Å²) in [5.74, 6) is 0.140. The molecule has 1 N–H and O–H groups in total. The lowest BCUT2D eigenvalue weighted by molar-refractivity contribution is 0.0697. The van der Waals surface area contributed by atoms with Crippen LogP contribution in [0.4, 0.5) is 5.69 Å². The Labute approximate surface area is 137 Å². The molecule has 1 aliphatic rings. The van der Waals surface area contributed by atoms with Crippen LogP contribution in [0.3, 0.4) is 0 Å². The van der Waals surface area contributed by atoms with Gasteiger partial charge in [-0.15, -0.1) is 0 Å². The third-order valence-electron chi connectivity index (χ3n) is 4.01. The molecule has 0 heterocycles. The molecule has 1 aliphatic carbocycles. The van der Waals surface area contributed by atoms with Gasteiger partial charge in [0.2, 0.25) is 10.0 Å². The second kappa shape index (κ2) is 6.74. The number of sulfonamides is 1. The van der Waals surface area contributed by atoms with Crippen molar-refractivity contribution in [2.45, 2.75) is 26.7 Å². The molecule has 0 aliphatic heterocycles. The molecule has 1 fully saturated rings. The Bertz CT molecular complexity index is 724. The third kappa shape index (κ3) is 4.58. The molecule has 2 rings (SSSR count). The lowest BCUT2D eigenvalue weighted by Crippen LogP contribution is -2.30. The minimum atomic E-state index is -3.45. The van der Waals surface area contributed by atoms with E-state index in [1.54, 1.807) is 12.1 Å². The maximum absolute atomic E-state index is 12.0. The van der Waals surface area contributed by atoms with Gasteiger partial charge in [-0.05, 0) is 48.4 Å². The van der Waals surface area contributed by atoms with Crippen molar-refractivity contribution in [3.63, 3.8) is 0 Å². The average Bonchev–Trinajstić information content (AvgIpc) is 3.16. The van der Waals surface area contributed by atoms with Crippen LogP contribution in [-0.4, -0.2) is 32.3 Å². The van der Waals surface area contributed by atoms with E-state index in [9.17, 15) is 18.3 Å². The number of hydrogen-bond acceptors (Lipinski definition) is 3. The van der Waals surface area contributed by atoms with Gasteiger partial charge in [-0.1, -0.05) is 26.0 Å². The molecule has 2 unspecified atom stereocenters. The average molecular weight is 337 g/mol. The molecule has 23 heavy (non-hydrogen) atoms. The summed E-state index contributed by atoms with van der Waals surface area (Å²) >= 11 is 0. The van der Waals surface area contributed by atoms with Crippen LogP contribution in [0, 0.1) is 11.8 Å². The molecule has 0 amide bonds. The molecule has 1 saturated carbocycles. The summed E-state index contributed by atoms with van der Waals surface area (Å²) in [5.41, 5.74) is 1.21. The number of carbonyl (C=O) groups is 1. The van der Waals surface area contributed by atoms with Crippen LogP contribution >= 0.6 is 0 Å². The minimum Gasteiger partial charge on any atom is -0.478 e. The van der Waals surface area contributed by atoms with Gasteiger partial charge in [-0.25, -0.2) is 13.2 Å². The zero-order chi connectivity index (χ0) is 17.2. The van der Waals surface area contributed by atoms with Gasteiger partial charge < -0.3 is 5.11 Å². The molecule has 1 aromatic rings. The predicted octanol–water partition coefficient (Wildman–Crippen LogP) is 3.23. The first-order valence-corrected chi connectivity index (χ1v) is 9.61. The fourth-order valence-electron chi connectivity index (χ4n) is 2.54. The minimum absolute atomic E-state index is 0.0933. The van der Waals surface area contributed by atoms with Gasteiger partial charge in [0.1, 0.15) is 0 Å². The van der Waals surface area contributed by atoms with Crippen LogP contribution in [-0.2, 0) is 10.0 Å². The Morgan fingerprint density at radius 1 is 1.39 bits per heavy atom. The molecule has 0 bridgehead atoms. The predicted molar refractivity (Wildman–Crippen MR) is 92.2 cm³/mol. The quantitative estimate of drug-likeness (QED) is 0.829. The number of carboxylic acid groups (broad SMARTS) is 1. The summed E-state index contributed by atoms with van der Waals surface area (Å²) in [4.78, 5) is 11.3. The number of rotatable bonds is 7. The maximum atomic E-state index is 12.0. The standard InChI is InChI=1S/C17H23NO4S/c1-4-7-18(23(3,21)22)16-10-13(5-6-14-8-12(14)2)9-15(11-16)17(19)20/h5-6,9-12,14H,4,7-8H2,1-3H3,(H,19,20)/b6-5-. The van der Waals surface area contributed by atoms with E-state index in [0.29, 0.717) is 36.1 Å². The molecular formula is C17H23NO4S. The summed E-state index contributed by atoms with van der Waals surface area (Å²) in [6, 6.07) is 4.71. The SMILES string of the molecule is CCCN(c1cc(/C=C\C2CC2C)cc(C(=O)O)c1)S(C)(=O)=O. The molecule has 1 aromatic carbocycles. The zero-order valence-corrected chi connectivity index (χ0v) is 14.5. The third-order valence-corrected chi connectivity index (χ3v) is 5.20. The Hall–Kier alpha value is -1.82. The molecule has 2 atom stereocenters. The Kier molecular flexibility index (Phi) is 5.14. The molecule has 0 spiro atoms. The van der Waals surface area contributed by atoms with E-state index in [2.05, 4.69) is 13.0 Å². The van der Waals surface area contributed by atoms with Crippen LogP contribution in [0.2, 0.25) is 0 Å². The first-order valence-electron chi connectivity index (χ1n) is 7.76. The second-order valence-corrected chi connectivity index (χ2v) is 8.10. The smallest absolute Gasteiger partial charge is 0.335 e. The van der Waals surface area contributed by atoms with Gasteiger partial charge in [-0.3, -0.25) is 4.31 Å². The fourth-order valence-corrected chi connectivity index (χ4v) is 3.54. The van der Waals surface area contributed by atoms with Crippen LogP contribution in [0.25, 0.3) is 6.08 Å². The van der Waals surface area contributed by atoms with E-state index in [1.165, 1.54) is 10.4 Å². The first kappa shape index (κ1) is 17.5. The molecule has 0 saturated heterocycles. The van der Waals surface area contributed by atoms with Crippen molar-refractivity contribution in [2.75, 3.05) is 17.1 Å². The summed E-state index contributed by atoms with van der Waals surface area (Å²) in [6.45, 7) is 4.37. The van der Waals surface area contributed by atoms with Crippen molar-refractivity contribution in [1.82, 2.24) is 0 Å². The zero-order valence-electron chi connectivity index (χ0n) is 13.7. The highest BCUT2D eigenvalue weighted by atomic mass is 32.2.